The van der Waals surface area contributed by atoms with Crippen molar-refractivity contribution >= 4 is 16.9 Å². The van der Waals surface area contributed by atoms with Crippen molar-refractivity contribution in [1.29, 1.82) is 0 Å². The zero-order valence-electron chi connectivity index (χ0n) is 11.4. The van der Waals surface area contributed by atoms with Crippen molar-refractivity contribution in [3.05, 3.63) is 18.1 Å². The van der Waals surface area contributed by atoms with E-state index in [2.05, 4.69) is 33.0 Å². The lowest BCUT2D eigenvalue weighted by molar-refractivity contribution is 0.339. The lowest BCUT2D eigenvalue weighted by Gasteiger charge is -2.22. The predicted octanol–water partition coefficient (Wildman–Crippen LogP) is 1.71. The third-order valence-electron chi connectivity index (χ3n) is 4.11. The van der Waals surface area contributed by atoms with Crippen LogP contribution in [0.1, 0.15) is 24.8 Å². The Morgan fingerprint density at radius 1 is 1.37 bits per heavy atom. The van der Waals surface area contributed by atoms with Crippen LogP contribution in [-0.4, -0.2) is 27.6 Å². The van der Waals surface area contributed by atoms with Crippen LogP contribution < -0.4 is 11.1 Å². The van der Waals surface area contributed by atoms with E-state index in [4.69, 9.17) is 5.73 Å². The van der Waals surface area contributed by atoms with Crippen molar-refractivity contribution in [3.8, 4) is 0 Å². The van der Waals surface area contributed by atoms with E-state index in [1.807, 2.05) is 0 Å². The van der Waals surface area contributed by atoms with Gasteiger partial charge in [0.1, 0.15) is 17.8 Å². The standard InChI is InChI=1S/C14H21N5/c1-10-8-19(7-4-11-2-5-16-6-3-11)14-12(10)13(15)17-9-18-14/h8-9,11,16H,2-7H2,1H3,(H2,15,17,18). The molecule has 0 spiro atoms. The van der Waals surface area contributed by atoms with Gasteiger partial charge in [-0.3, -0.25) is 0 Å². The van der Waals surface area contributed by atoms with Crippen molar-refractivity contribution in [2.24, 2.45) is 5.92 Å². The van der Waals surface area contributed by atoms with Crippen molar-refractivity contribution in [3.63, 3.8) is 0 Å². The maximum atomic E-state index is 5.94. The van der Waals surface area contributed by atoms with E-state index >= 15 is 0 Å². The second-order valence-corrected chi connectivity index (χ2v) is 5.45. The number of nitrogens with zero attached hydrogens (tertiary/aromatic N) is 3. The van der Waals surface area contributed by atoms with Crippen molar-refractivity contribution in [1.82, 2.24) is 19.9 Å². The zero-order chi connectivity index (χ0) is 13.2. The summed E-state index contributed by atoms with van der Waals surface area (Å²) in [5.41, 5.74) is 8.07. The lowest BCUT2D eigenvalue weighted by atomic mass is 9.95. The van der Waals surface area contributed by atoms with Gasteiger partial charge >= 0.3 is 0 Å². The van der Waals surface area contributed by atoms with Crippen molar-refractivity contribution in [2.45, 2.75) is 32.7 Å². The average molecular weight is 259 g/mol. The molecule has 2 aromatic heterocycles. The van der Waals surface area contributed by atoms with Crippen LogP contribution in [0.4, 0.5) is 5.82 Å². The van der Waals surface area contributed by atoms with E-state index in [-0.39, 0.29) is 0 Å². The van der Waals surface area contributed by atoms with E-state index < -0.39 is 0 Å². The van der Waals surface area contributed by atoms with E-state index in [1.165, 1.54) is 24.8 Å². The van der Waals surface area contributed by atoms with Gasteiger partial charge in [0.05, 0.1) is 5.39 Å². The highest BCUT2D eigenvalue weighted by molar-refractivity contribution is 5.89. The minimum absolute atomic E-state index is 0.586. The summed E-state index contributed by atoms with van der Waals surface area (Å²) in [6, 6.07) is 0. The Labute approximate surface area is 113 Å². The molecule has 3 rings (SSSR count). The summed E-state index contributed by atoms with van der Waals surface area (Å²) in [6.45, 7) is 5.41. The molecule has 0 amide bonds. The molecule has 3 N–H and O–H groups in total. The lowest BCUT2D eigenvalue weighted by Crippen LogP contribution is -2.28. The fraction of sp³-hybridized carbons (Fsp3) is 0.571. The maximum absolute atomic E-state index is 5.94. The van der Waals surface area contributed by atoms with E-state index in [1.54, 1.807) is 6.33 Å². The molecule has 5 nitrogen and oxygen atoms in total. The van der Waals surface area contributed by atoms with Gasteiger partial charge in [0.25, 0.3) is 0 Å². The number of rotatable bonds is 3. The Hall–Kier alpha value is -1.62. The molecule has 2 aromatic rings. The summed E-state index contributed by atoms with van der Waals surface area (Å²) in [6.07, 6.45) is 7.49. The van der Waals surface area contributed by atoms with Gasteiger partial charge in [-0.05, 0) is 50.8 Å². The number of hydrogen-bond donors (Lipinski definition) is 2. The zero-order valence-corrected chi connectivity index (χ0v) is 11.4. The van der Waals surface area contributed by atoms with Crippen LogP contribution in [0.3, 0.4) is 0 Å². The van der Waals surface area contributed by atoms with Crippen LogP contribution in [0, 0.1) is 12.8 Å². The molecule has 0 aliphatic carbocycles. The molecule has 19 heavy (non-hydrogen) atoms. The normalized spacial score (nSPS) is 17.1. The van der Waals surface area contributed by atoms with Gasteiger partial charge in [-0.1, -0.05) is 0 Å². The van der Waals surface area contributed by atoms with Crippen molar-refractivity contribution < 1.29 is 0 Å². The number of anilines is 1. The Morgan fingerprint density at radius 2 is 2.16 bits per heavy atom. The van der Waals surface area contributed by atoms with Crippen LogP contribution in [0.25, 0.3) is 11.0 Å². The first kappa shape index (κ1) is 12.4. The largest absolute Gasteiger partial charge is 0.383 e. The molecule has 0 bridgehead atoms. The molecule has 102 valence electrons. The van der Waals surface area contributed by atoms with E-state index in [0.29, 0.717) is 5.82 Å². The summed E-state index contributed by atoms with van der Waals surface area (Å²) in [7, 11) is 0. The summed E-state index contributed by atoms with van der Waals surface area (Å²) >= 11 is 0. The van der Waals surface area contributed by atoms with Gasteiger partial charge in [-0.2, -0.15) is 0 Å². The smallest absolute Gasteiger partial charge is 0.145 e. The minimum atomic E-state index is 0.586. The molecule has 0 aromatic carbocycles. The average Bonchev–Trinajstić information content (AvgIpc) is 2.76. The number of piperidine rings is 1. The number of nitrogens with two attached hydrogens (primary N) is 1. The Balaban J connectivity index is 1.79. The van der Waals surface area contributed by atoms with Crippen LogP contribution in [-0.2, 0) is 6.54 Å². The highest BCUT2D eigenvalue weighted by Crippen LogP contribution is 2.24. The molecule has 0 atom stereocenters. The number of aryl methyl sites for hydroxylation is 2. The van der Waals surface area contributed by atoms with Gasteiger partial charge in [0.2, 0.25) is 0 Å². The molecular formula is C14H21N5. The Morgan fingerprint density at radius 3 is 2.95 bits per heavy atom. The SMILES string of the molecule is Cc1cn(CCC2CCNCC2)c2ncnc(N)c12. The van der Waals surface area contributed by atoms with Gasteiger partial charge in [-0.15, -0.1) is 0 Å². The van der Waals surface area contributed by atoms with E-state index in [0.717, 1.165) is 36.6 Å². The molecule has 0 saturated carbocycles. The summed E-state index contributed by atoms with van der Waals surface area (Å²) in [5, 5.41) is 4.42. The predicted molar refractivity (Wildman–Crippen MR) is 76.9 cm³/mol. The molecule has 5 heteroatoms. The quantitative estimate of drug-likeness (QED) is 0.880. The molecule has 1 saturated heterocycles. The third-order valence-corrected chi connectivity index (χ3v) is 4.11. The molecular weight excluding hydrogens is 238 g/mol. The van der Waals surface area contributed by atoms with Crippen molar-refractivity contribution in [2.75, 3.05) is 18.8 Å². The first-order valence-corrected chi connectivity index (χ1v) is 7.02. The Bertz CT molecular complexity index is 568. The van der Waals surface area contributed by atoms with E-state index in [9.17, 15) is 0 Å². The second kappa shape index (κ2) is 5.17. The Kier molecular flexibility index (Phi) is 3.38. The van der Waals surface area contributed by atoms with Gasteiger partial charge < -0.3 is 15.6 Å². The number of nitrogen functional groups attached to an aromatic ring is 1. The number of hydrogen-bond acceptors (Lipinski definition) is 4. The van der Waals surface area contributed by atoms with Crippen LogP contribution >= 0.6 is 0 Å². The summed E-state index contributed by atoms with van der Waals surface area (Å²) in [4.78, 5) is 8.46. The fourth-order valence-corrected chi connectivity index (χ4v) is 3.01. The maximum Gasteiger partial charge on any atom is 0.145 e. The second-order valence-electron chi connectivity index (χ2n) is 5.45. The highest BCUT2D eigenvalue weighted by Gasteiger charge is 2.15. The number of fused-ring (bicyclic) bond motifs is 1. The van der Waals surface area contributed by atoms with Crippen LogP contribution in [0.5, 0.6) is 0 Å². The highest BCUT2D eigenvalue weighted by atomic mass is 15.1. The number of nitrogens with one attached hydrogen (secondary N) is 1. The minimum Gasteiger partial charge on any atom is -0.383 e. The van der Waals surface area contributed by atoms with Gasteiger partial charge in [-0.25, -0.2) is 9.97 Å². The van der Waals surface area contributed by atoms with Crippen LogP contribution in [0.15, 0.2) is 12.5 Å². The topological polar surface area (TPSA) is 68.8 Å². The monoisotopic (exact) mass is 259 g/mol. The molecule has 1 aliphatic heterocycles. The molecule has 3 heterocycles. The molecule has 0 radical (unpaired) electrons. The molecule has 1 aliphatic rings. The first-order valence-electron chi connectivity index (χ1n) is 7.02. The third kappa shape index (κ3) is 2.42. The van der Waals surface area contributed by atoms with Gasteiger partial charge in [0.15, 0.2) is 0 Å². The molecule has 1 fully saturated rings. The molecule has 0 unspecified atom stereocenters. The van der Waals surface area contributed by atoms with Crippen LogP contribution in [0.2, 0.25) is 0 Å². The summed E-state index contributed by atoms with van der Waals surface area (Å²) < 4.78 is 2.23. The first-order chi connectivity index (χ1) is 9.25. The fourth-order valence-electron chi connectivity index (χ4n) is 3.01. The van der Waals surface area contributed by atoms with Gasteiger partial charge in [0, 0.05) is 12.7 Å². The number of aromatic nitrogens is 3. The summed E-state index contributed by atoms with van der Waals surface area (Å²) in [5.74, 6) is 1.42.